The zero-order valence-electron chi connectivity index (χ0n) is 7.49. The van der Waals surface area contributed by atoms with E-state index < -0.39 is 3.79 Å². The molecular weight excluding hydrogens is 234 g/mol. The SMILES string of the molecule is CCCOC(=O)CCCC(Cl)(Cl)Cl. The molecule has 0 atom stereocenters. The molecule has 0 aliphatic heterocycles. The molecule has 0 bridgehead atoms. The molecule has 0 aromatic rings. The average Bonchev–Trinajstić information content (AvgIpc) is 1.98. The quantitative estimate of drug-likeness (QED) is 0.549. The van der Waals surface area contributed by atoms with Gasteiger partial charge in [-0.1, -0.05) is 41.7 Å². The zero-order chi connectivity index (χ0) is 10.3. The first-order valence-corrected chi connectivity index (χ1v) is 5.31. The van der Waals surface area contributed by atoms with Crippen LogP contribution in [0, 0.1) is 0 Å². The van der Waals surface area contributed by atoms with Gasteiger partial charge in [-0.05, 0) is 19.3 Å². The second-order valence-corrected chi connectivity index (χ2v) is 5.21. The highest BCUT2D eigenvalue weighted by Gasteiger charge is 2.19. The predicted octanol–water partition coefficient (Wildman–Crippen LogP) is 3.48. The van der Waals surface area contributed by atoms with E-state index in [9.17, 15) is 4.79 Å². The fourth-order valence-corrected chi connectivity index (χ4v) is 1.12. The van der Waals surface area contributed by atoms with Crippen LogP contribution in [0.25, 0.3) is 0 Å². The van der Waals surface area contributed by atoms with Crippen molar-refractivity contribution in [3.63, 3.8) is 0 Å². The third kappa shape index (κ3) is 10.3. The van der Waals surface area contributed by atoms with Crippen molar-refractivity contribution in [3.8, 4) is 0 Å². The van der Waals surface area contributed by atoms with Crippen LogP contribution in [0.4, 0.5) is 0 Å². The van der Waals surface area contributed by atoms with E-state index in [2.05, 4.69) is 0 Å². The van der Waals surface area contributed by atoms with E-state index in [4.69, 9.17) is 39.5 Å². The second kappa shape index (κ2) is 6.74. The van der Waals surface area contributed by atoms with E-state index in [0.29, 0.717) is 25.9 Å². The van der Waals surface area contributed by atoms with E-state index >= 15 is 0 Å². The third-order valence-corrected chi connectivity index (χ3v) is 1.88. The lowest BCUT2D eigenvalue weighted by atomic mass is 10.2. The van der Waals surface area contributed by atoms with Crippen LogP contribution in [0.1, 0.15) is 32.6 Å². The molecule has 2 nitrogen and oxygen atoms in total. The Hall–Kier alpha value is 0.340. The van der Waals surface area contributed by atoms with Crippen LogP contribution in [0.15, 0.2) is 0 Å². The number of alkyl halides is 3. The van der Waals surface area contributed by atoms with Crippen molar-refractivity contribution in [3.05, 3.63) is 0 Å². The Morgan fingerprint density at radius 3 is 2.46 bits per heavy atom. The summed E-state index contributed by atoms with van der Waals surface area (Å²) in [4.78, 5) is 10.9. The summed E-state index contributed by atoms with van der Waals surface area (Å²) in [5.74, 6) is -0.226. The van der Waals surface area contributed by atoms with E-state index in [0.717, 1.165) is 6.42 Å². The van der Waals surface area contributed by atoms with E-state index in [1.165, 1.54) is 0 Å². The van der Waals surface area contributed by atoms with Gasteiger partial charge in [-0.3, -0.25) is 4.79 Å². The topological polar surface area (TPSA) is 26.3 Å². The van der Waals surface area contributed by atoms with Gasteiger partial charge in [0, 0.05) is 6.42 Å². The predicted molar refractivity (Wildman–Crippen MR) is 55.4 cm³/mol. The highest BCUT2D eigenvalue weighted by atomic mass is 35.6. The van der Waals surface area contributed by atoms with Crippen molar-refractivity contribution in [2.45, 2.75) is 36.4 Å². The van der Waals surface area contributed by atoms with Gasteiger partial charge in [-0.2, -0.15) is 0 Å². The highest BCUT2D eigenvalue weighted by Crippen LogP contribution is 2.31. The fraction of sp³-hybridized carbons (Fsp3) is 0.875. The number of ether oxygens (including phenoxy) is 1. The van der Waals surface area contributed by atoms with Crippen LogP contribution in [0.3, 0.4) is 0 Å². The second-order valence-electron chi connectivity index (χ2n) is 2.69. The van der Waals surface area contributed by atoms with Gasteiger partial charge in [0.2, 0.25) is 0 Å². The normalized spacial score (nSPS) is 11.4. The highest BCUT2D eigenvalue weighted by molar-refractivity contribution is 6.67. The lowest BCUT2D eigenvalue weighted by Gasteiger charge is -2.09. The van der Waals surface area contributed by atoms with Gasteiger partial charge in [0.1, 0.15) is 0 Å². The number of halogens is 3. The molecule has 0 aromatic carbocycles. The molecule has 0 fully saturated rings. The molecule has 0 spiro atoms. The molecule has 0 aliphatic rings. The molecule has 78 valence electrons. The molecule has 0 saturated heterocycles. The van der Waals surface area contributed by atoms with Gasteiger partial charge in [-0.25, -0.2) is 0 Å². The molecule has 0 aliphatic carbocycles. The number of hydrogen-bond donors (Lipinski definition) is 0. The molecule has 0 rings (SSSR count). The number of rotatable bonds is 5. The maximum Gasteiger partial charge on any atom is 0.305 e. The minimum Gasteiger partial charge on any atom is -0.466 e. The molecule has 0 saturated carbocycles. The number of carbonyl (C=O) groups is 1. The van der Waals surface area contributed by atoms with Crippen LogP contribution in [0.2, 0.25) is 0 Å². The molecule has 0 heterocycles. The summed E-state index contributed by atoms with van der Waals surface area (Å²) in [6.07, 6.45) is 2.06. The van der Waals surface area contributed by atoms with E-state index in [1.807, 2.05) is 6.92 Å². The summed E-state index contributed by atoms with van der Waals surface area (Å²) in [5.41, 5.74) is 0. The van der Waals surface area contributed by atoms with Gasteiger partial charge < -0.3 is 4.74 Å². The Labute approximate surface area is 93.5 Å². The first-order valence-electron chi connectivity index (χ1n) is 4.18. The Kier molecular flexibility index (Phi) is 6.92. The smallest absolute Gasteiger partial charge is 0.305 e. The fourth-order valence-electron chi connectivity index (χ4n) is 0.721. The van der Waals surface area contributed by atoms with Gasteiger partial charge in [0.15, 0.2) is 3.79 Å². The summed E-state index contributed by atoms with van der Waals surface area (Å²) >= 11 is 16.5. The van der Waals surface area contributed by atoms with Crippen molar-refractivity contribution >= 4 is 40.8 Å². The van der Waals surface area contributed by atoms with Crippen molar-refractivity contribution in [2.75, 3.05) is 6.61 Å². The molecular formula is C8H13Cl3O2. The minimum absolute atomic E-state index is 0.226. The van der Waals surface area contributed by atoms with Crippen LogP contribution in [-0.2, 0) is 9.53 Å². The molecule has 0 radical (unpaired) electrons. The van der Waals surface area contributed by atoms with Crippen molar-refractivity contribution < 1.29 is 9.53 Å². The first-order chi connectivity index (χ1) is 5.95. The van der Waals surface area contributed by atoms with Crippen molar-refractivity contribution in [1.29, 1.82) is 0 Å². The molecule has 13 heavy (non-hydrogen) atoms. The van der Waals surface area contributed by atoms with E-state index in [1.54, 1.807) is 0 Å². The number of esters is 1. The number of carbonyl (C=O) groups excluding carboxylic acids is 1. The Morgan fingerprint density at radius 1 is 1.38 bits per heavy atom. The number of hydrogen-bond acceptors (Lipinski definition) is 2. The molecule has 0 unspecified atom stereocenters. The summed E-state index contributed by atoms with van der Waals surface area (Å²) in [5, 5.41) is 0. The van der Waals surface area contributed by atoms with Crippen LogP contribution in [0.5, 0.6) is 0 Å². The largest absolute Gasteiger partial charge is 0.466 e. The summed E-state index contributed by atoms with van der Waals surface area (Å²) in [6, 6.07) is 0. The van der Waals surface area contributed by atoms with E-state index in [-0.39, 0.29) is 5.97 Å². The van der Waals surface area contributed by atoms with Gasteiger partial charge in [-0.15, -0.1) is 0 Å². The Balaban J connectivity index is 3.37. The van der Waals surface area contributed by atoms with Crippen molar-refractivity contribution in [1.82, 2.24) is 0 Å². The standard InChI is InChI=1S/C8H13Cl3O2/c1-2-6-13-7(12)4-3-5-8(9,10)11/h2-6H2,1H3. The minimum atomic E-state index is -1.26. The molecule has 5 heteroatoms. The average molecular weight is 248 g/mol. The Bertz CT molecular complexity index is 154. The van der Waals surface area contributed by atoms with Gasteiger partial charge in [0.05, 0.1) is 6.61 Å². The molecule has 0 aromatic heterocycles. The monoisotopic (exact) mass is 246 g/mol. The maximum atomic E-state index is 10.9. The summed E-state index contributed by atoms with van der Waals surface area (Å²) < 4.78 is 3.58. The zero-order valence-corrected chi connectivity index (χ0v) is 9.75. The van der Waals surface area contributed by atoms with Gasteiger partial charge in [0.25, 0.3) is 0 Å². The molecule has 0 amide bonds. The first kappa shape index (κ1) is 13.3. The van der Waals surface area contributed by atoms with Crippen LogP contribution in [-0.4, -0.2) is 16.4 Å². The van der Waals surface area contributed by atoms with Crippen molar-refractivity contribution in [2.24, 2.45) is 0 Å². The summed E-state index contributed by atoms with van der Waals surface area (Å²) in [6.45, 7) is 2.40. The maximum absolute atomic E-state index is 10.9. The van der Waals surface area contributed by atoms with Crippen LogP contribution >= 0.6 is 34.8 Å². The third-order valence-electron chi connectivity index (χ3n) is 1.31. The van der Waals surface area contributed by atoms with Gasteiger partial charge >= 0.3 is 5.97 Å². The Morgan fingerprint density at radius 2 is 2.00 bits per heavy atom. The summed E-state index contributed by atoms with van der Waals surface area (Å²) in [7, 11) is 0. The molecule has 0 N–H and O–H groups in total. The lowest BCUT2D eigenvalue weighted by Crippen LogP contribution is -2.08. The lowest BCUT2D eigenvalue weighted by molar-refractivity contribution is -0.143. The van der Waals surface area contributed by atoms with Crippen LogP contribution < -0.4 is 0 Å².